The van der Waals surface area contributed by atoms with Crippen LogP contribution in [0.4, 0.5) is 0 Å². The van der Waals surface area contributed by atoms with Crippen molar-refractivity contribution in [2.75, 3.05) is 18.1 Å². The number of amides is 1. The molecular formula is C8H11N3O2S2. The van der Waals surface area contributed by atoms with Gasteiger partial charge in [-0.2, -0.15) is 11.8 Å². The van der Waals surface area contributed by atoms with Gasteiger partial charge >= 0.3 is 0 Å². The number of nitrogens with one attached hydrogen (secondary N) is 1. The molecule has 0 radical (unpaired) electrons. The number of aromatic nitrogens is 2. The number of carbonyl (C=O) groups excluding carboxylic acids is 1. The van der Waals surface area contributed by atoms with Crippen LogP contribution in [0.1, 0.15) is 16.1 Å². The van der Waals surface area contributed by atoms with Crippen LogP contribution in [0.2, 0.25) is 0 Å². The fourth-order valence-electron chi connectivity index (χ4n) is 1.34. The first-order valence-corrected chi connectivity index (χ1v) is 6.48. The van der Waals surface area contributed by atoms with Gasteiger partial charge < -0.3 is 10.4 Å². The molecule has 0 spiro atoms. The molecule has 1 aromatic heterocycles. The Morgan fingerprint density at radius 2 is 2.60 bits per heavy atom. The van der Waals surface area contributed by atoms with Gasteiger partial charge in [0, 0.05) is 12.3 Å². The number of aliphatic hydroxyl groups is 1. The number of thioether (sulfide) groups is 1. The standard InChI is InChI=1S/C8H11N3O2S2/c12-7(6-3-10-11-15-6)9-4-8(13)1-2-14-5-8/h3,13H,1-2,4-5H2,(H,9,12). The Morgan fingerprint density at radius 1 is 1.73 bits per heavy atom. The van der Waals surface area contributed by atoms with Gasteiger partial charge in [-0.25, -0.2) is 0 Å². The normalized spacial score (nSPS) is 25.4. The van der Waals surface area contributed by atoms with E-state index in [4.69, 9.17) is 0 Å². The zero-order chi connectivity index (χ0) is 10.7. The molecule has 1 atom stereocenters. The molecule has 0 aliphatic carbocycles. The maximum Gasteiger partial charge on any atom is 0.264 e. The smallest absolute Gasteiger partial charge is 0.264 e. The lowest BCUT2D eigenvalue weighted by Gasteiger charge is -2.21. The van der Waals surface area contributed by atoms with E-state index in [-0.39, 0.29) is 5.91 Å². The van der Waals surface area contributed by atoms with Gasteiger partial charge in [0.25, 0.3) is 5.91 Å². The maximum absolute atomic E-state index is 11.5. The number of hydrogen-bond donors (Lipinski definition) is 2. The highest BCUT2D eigenvalue weighted by Crippen LogP contribution is 2.27. The molecular weight excluding hydrogens is 234 g/mol. The van der Waals surface area contributed by atoms with Crippen LogP contribution in [0.5, 0.6) is 0 Å². The first-order valence-electron chi connectivity index (χ1n) is 4.55. The van der Waals surface area contributed by atoms with E-state index in [1.807, 2.05) is 0 Å². The Kier molecular flexibility index (Phi) is 3.22. The molecule has 1 aliphatic rings. The zero-order valence-corrected chi connectivity index (χ0v) is 9.61. The molecule has 2 rings (SSSR count). The average Bonchev–Trinajstić information content (AvgIpc) is 2.85. The van der Waals surface area contributed by atoms with E-state index in [0.29, 0.717) is 17.2 Å². The molecule has 5 nitrogen and oxygen atoms in total. The molecule has 0 bridgehead atoms. The van der Waals surface area contributed by atoms with Gasteiger partial charge in [0.1, 0.15) is 4.88 Å². The highest BCUT2D eigenvalue weighted by molar-refractivity contribution is 7.99. The lowest BCUT2D eigenvalue weighted by molar-refractivity contribution is 0.0614. The van der Waals surface area contributed by atoms with E-state index in [2.05, 4.69) is 14.9 Å². The van der Waals surface area contributed by atoms with Gasteiger partial charge in [-0.15, -0.1) is 5.10 Å². The summed E-state index contributed by atoms with van der Waals surface area (Å²) in [7, 11) is 0. The highest BCUT2D eigenvalue weighted by Gasteiger charge is 2.32. The van der Waals surface area contributed by atoms with Crippen LogP contribution < -0.4 is 5.32 Å². The third-order valence-electron chi connectivity index (χ3n) is 2.25. The zero-order valence-electron chi connectivity index (χ0n) is 7.97. The highest BCUT2D eigenvalue weighted by atomic mass is 32.2. The van der Waals surface area contributed by atoms with E-state index in [9.17, 15) is 9.90 Å². The number of rotatable bonds is 3. The molecule has 1 aliphatic heterocycles. The molecule has 1 aromatic rings. The first kappa shape index (κ1) is 10.8. The van der Waals surface area contributed by atoms with Gasteiger partial charge in [0.2, 0.25) is 0 Å². The summed E-state index contributed by atoms with van der Waals surface area (Å²) in [5, 5.41) is 16.3. The predicted octanol–water partition coefficient (Wildman–Crippen LogP) is 0.136. The van der Waals surface area contributed by atoms with Gasteiger partial charge in [0.05, 0.1) is 11.8 Å². The minimum atomic E-state index is -0.738. The van der Waals surface area contributed by atoms with Crippen LogP contribution in [0, 0.1) is 0 Å². The molecule has 1 unspecified atom stereocenters. The van der Waals surface area contributed by atoms with E-state index in [1.165, 1.54) is 6.20 Å². The quantitative estimate of drug-likeness (QED) is 0.792. The Balaban J connectivity index is 1.85. The molecule has 0 aromatic carbocycles. The van der Waals surface area contributed by atoms with Gasteiger partial charge in [0.15, 0.2) is 0 Å². The molecule has 1 saturated heterocycles. The lowest BCUT2D eigenvalue weighted by atomic mass is 10.0. The maximum atomic E-state index is 11.5. The van der Waals surface area contributed by atoms with Crippen LogP contribution in [0.3, 0.4) is 0 Å². The van der Waals surface area contributed by atoms with Gasteiger partial charge in [-0.3, -0.25) is 4.79 Å². The van der Waals surface area contributed by atoms with E-state index in [1.54, 1.807) is 11.8 Å². The SMILES string of the molecule is O=C(NCC1(O)CCSC1)c1cnns1. The summed E-state index contributed by atoms with van der Waals surface area (Å²) in [4.78, 5) is 12.0. The van der Waals surface area contributed by atoms with Crippen LogP contribution in [0.25, 0.3) is 0 Å². The van der Waals surface area contributed by atoms with Crippen LogP contribution in [0.15, 0.2) is 6.20 Å². The molecule has 15 heavy (non-hydrogen) atoms. The van der Waals surface area contributed by atoms with Crippen molar-refractivity contribution in [3.63, 3.8) is 0 Å². The summed E-state index contributed by atoms with van der Waals surface area (Å²) >= 11 is 2.76. The third-order valence-corrected chi connectivity index (χ3v) is 4.14. The second-order valence-electron chi connectivity index (χ2n) is 3.49. The van der Waals surface area contributed by atoms with Crippen LogP contribution in [-0.2, 0) is 0 Å². The molecule has 0 saturated carbocycles. The van der Waals surface area contributed by atoms with Crippen molar-refractivity contribution < 1.29 is 9.90 Å². The van der Waals surface area contributed by atoms with Gasteiger partial charge in [-0.1, -0.05) is 4.49 Å². The van der Waals surface area contributed by atoms with Gasteiger partial charge in [-0.05, 0) is 23.7 Å². The van der Waals surface area contributed by atoms with Crippen molar-refractivity contribution in [2.45, 2.75) is 12.0 Å². The molecule has 82 valence electrons. The second-order valence-corrected chi connectivity index (χ2v) is 5.38. The Labute approximate surface area is 95.4 Å². The van der Waals surface area contributed by atoms with Crippen molar-refractivity contribution in [2.24, 2.45) is 0 Å². The van der Waals surface area contributed by atoms with Crippen molar-refractivity contribution in [3.05, 3.63) is 11.1 Å². The molecule has 1 fully saturated rings. The Morgan fingerprint density at radius 3 is 3.20 bits per heavy atom. The second kappa shape index (κ2) is 4.46. The Hall–Kier alpha value is -0.660. The number of nitrogens with zero attached hydrogens (tertiary/aromatic N) is 2. The van der Waals surface area contributed by atoms with E-state index in [0.717, 1.165) is 23.7 Å². The molecule has 7 heteroatoms. The summed E-state index contributed by atoms with van der Waals surface area (Å²) in [6.45, 7) is 0.302. The molecule has 1 amide bonds. The van der Waals surface area contributed by atoms with Crippen molar-refractivity contribution in [1.82, 2.24) is 14.9 Å². The van der Waals surface area contributed by atoms with Crippen LogP contribution in [-0.4, -0.2) is 44.3 Å². The van der Waals surface area contributed by atoms with E-state index < -0.39 is 5.60 Å². The molecule has 2 N–H and O–H groups in total. The van der Waals surface area contributed by atoms with Crippen molar-refractivity contribution >= 4 is 29.2 Å². The fraction of sp³-hybridized carbons (Fsp3) is 0.625. The summed E-state index contributed by atoms with van der Waals surface area (Å²) in [5.74, 6) is 1.43. The topological polar surface area (TPSA) is 75.1 Å². The van der Waals surface area contributed by atoms with E-state index >= 15 is 0 Å². The number of carbonyl (C=O) groups is 1. The predicted molar refractivity (Wildman–Crippen MR) is 59.1 cm³/mol. The van der Waals surface area contributed by atoms with Crippen LogP contribution >= 0.6 is 23.3 Å². The summed E-state index contributed by atoms with van der Waals surface area (Å²) in [6.07, 6.45) is 2.16. The molecule has 2 heterocycles. The minimum absolute atomic E-state index is 0.213. The fourth-order valence-corrected chi connectivity index (χ4v) is 3.06. The number of hydrogen-bond acceptors (Lipinski definition) is 6. The summed E-state index contributed by atoms with van der Waals surface area (Å²) in [6, 6.07) is 0. The van der Waals surface area contributed by atoms with Crippen molar-refractivity contribution in [1.29, 1.82) is 0 Å². The summed E-state index contributed by atoms with van der Waals surface area (Å²) in [5.41, 5.74) is -0.738. The largest absolute Gasteiger partial charge is 0.387 e. The summed E-state index contributed by atoms with van der Waals surface area (Å²) < 4.78 is 3.60. The monoisotopic (exact) mass is 245 g/mol. The third kappa shape index (κ3) is 2.67. The Bertz CT molecular complexity index is 336. The average molecular weight is 245 g/mol. The first-order chi connectivity index (χ1) is 7.20. The van der Waals surface area contributed by atoms with Crippen molar-refractivity contribution in [3.8, 4) is 0 Å². The lowest BCUT2D eigenvalue weighted by Crippen LogP contribution is -2.42. The minimum Gasteiger partial charge on any atom is -0.387 e.